The second kappa shape index (κ2) is 8.15. The Morgan fingerprint density at radius 2 is 2.19 bits per heavy atom. The Hall–Kier alpha value is -2.97. The van der Waals surface area contributed by atoms with E-state index in [1.807, 2.05) is 6.92 Å². The molecule has 0 aliphatic rings. The van der Waals surface area contributed by atoms with Crippen molar-refractivity contribution in [3.63, 3.8) is 0 Å². The smallest absolute Gasteiger partial charge is 0.293 e. The molecule has 7 nitrogen and oxygen atoms in total. The lowest BCUT2D eigenvalue weighted by atomic mass is 10.2. The fraction of sp³-hybridized carbons (Fsp3) is 0.263. The highest BCUT2D eigenvalue weighted by Gasteiger charge is 2.23. The summed E-state index contributed by atoms with van der Waals surface area (Å²) in [4.78, 5) is 21.8. The predicted octanol–water partition coefficient (Wildman–Crippen LogP) is 2.90. The van der Waals surface area contributed by atoms with Crippen LogP contribution in [0.1, 0.15) is 23.0 Å². The van der Waals surface area contributed by atoms with Crippen LogP contribution < -0.4 is 10.8 Å². The number of nitrogens with one attached hydrogen (secondary N) is 2. The number of hydrogen-bond acceptors (Lipinski definition) is 5. The highest BCUT2D eigenvalue weighted by Crippen LogP contribution is 2.34. The maximum atomic E-state index is 14.4. The summed E-state index contributed by atoms with van der Waals surface area (Å²) in [5.41, 5.74) is 4.88. The molecule has 0 saturated carbocycles. The second-order valence-electron chi connectivity index (χ2n) is 5.97. The van der Waals surface area contributed by atoms with Gasteiger partial charge >= 0.3 is 0 Å². The first kappa shape index (κ1) is 18.8. The van der Waals surface area contributed by atoms with Crippen LogP contribution in [0.25, 0.3) is 10.9 Å². The minimum atomic E-state index is -0.503. The Labute approximate surface area is 155 Å². The average Bonchev–Trinajstić information content (AvgIpc) is 2.97. The summed E-state index contributed by atoms with van der Waals surface area (Å²) in [5, 5.41) is 12.5. The fourth-order valence-corrected chi connectivity index (χ4v) is 2.96. The first-order chi connectivity index (χ1) is 13.1. The number of pyridine rings is 1. The van der Waals surface area contributed by atoms with Gasteiger partial charge in [0, 0.05) is 24.3 Å². The summed E-state index contributed by atoms with van der Waals surface area (Å²) in [5.74, 6) is -0.921. The molecule has 0 spiro atoms. The molecule has 0 bridgehead atoms. The molecular weight excluding hydrogens is 351 g/mol. The lowest BCUT2D eigenvalue weighted by Gasteiger charge is -2.12. The van der Waals surface area contributed by atoms with Crippen molar-refractivity contribution in [3.05, 3.63) is 53.7 Å². The highest BCUT2D eigenvalue weighted by atomic mass is 19.1. The fourth-order valence-electron chi connectivity index (χ4n) is 2.96. The van der Waals surface area contributed by atoms with Crippen molar-refractivity contribution in [2.45, 2.75) is 20.4 Å². The number of hydroxylamine groups is 1. The van der Waals surface area contributed by atoms with E-state index in [0.29, 0.717) is 23.3 Å². The van der Waals surface area contributed by atoms with Crippen molar-refractivity contribution in [1.82, 2.24) is 15.0 Å². The van der Waals surface area contributed by atoms with E-state index in [2.05, 4.69) is 15.8 Å². The van der Waals surface area contributed by atoms with Crippen molar-refractivity contribution >= 4 is 28.2 Å². The number of halogens is 1. The first-order valence-corrected chi connectivity index (χ1v) is 8.59. The van der Waals surface area contributed by atoms with Gasteiger partial charge in [0.05, 0.1) is 30.1 Å². The molecule has 142 valence electrons. The van der Waals surface area contributed by atoms with Crippen LogP contribution in [0.3, 0.4) is 0 Å². The van der Waals surface area contributed by atoms with Crippen LogP contribution in [0.5, 0.6) is 0 Å². The summed E-state index contributed by atoms with van der Waals surface area (Å²) >= 11 is 0. The third-order valence-corrected chi connectivity index (χ3v) is 4.14. The molecule has 1 aromatic carbocycles. The van der Waals surface area contributed by atoms with Gasteiger partial charge in [0.1, 0.15) is 11.5 Å². The number of rotatable bonds is 7. The molecule has 0 fully saturated rings. The van der Waals surface area contributed by atoms with Gasteiger partial charge < -0.3 is 15.0 Å². The number of carbonyl (C=O) groups excluding carboxylic acids is 1. The third kappa shape index (κ3) is 3.76. The number of aliphatic hydroxyl groups is 1. The maximum Gasteiger partial charge on any atom is 0.293 e. The van der Waals surface area contributed by atoms with Crippen LogP contribution >= 0.6 is 0 Å². The molecule has 2 heterocycles. The molecule has 0 unspecified atom stereocenters. The number of nitrogens with zero attached hydrogens (tertiary/aromatic N) is 2. The van der Waals surface area contributed by atoms with Gasteiger partial charge in [0.2, 0.25) is 0 Å². The molecule has 27 heavy (non-hydrogen) atoms. The van der Waals surface area contributed by atoms with Crippen molar-refractivity contribution in [3.8, 4) is 0 Å². The van der Waals surface area contributed by atoms with Crippen LogP contribution in [-0.2, 0) is 11.4 Å². The molecular formula is C19H21FN4O3. The lowest BCUT2D eigenvalue weighted by molar-refractivity contribution is 0.0163. The van der Waals surface area contributed by atoms with Crippen LogP contribution in [0.15, 0.2) is 36.7 Å². The van der Waals surface area contributed by atoms with Crippen molar-refractivity contribution in [2.24, 2.45) is 0 Å². The Morgan fingerprint density at radius 3 is 2.89 bits per heavy atom. The van der Waals surface area contributed by atoms with Crippen LogP contribution in [-0.4, -0.2) is 33.8 Å². The number of fused-ring (bicyclic) bond motifs is 1. The van der Waals surface area contributed by atoms with Gasteiger partial charge in [-0.2, -0.15) is 0 Å². The van der Waals surface area contributed by atoms with Gasteiger partial charge in [0.25, 0.3) is 5.91 Å². The van der Waals surface area contributed by atoms with Gasteiger partial charge in [-0.25, -0.2) is 9.87 Å². The van der Waals surface area contributed by atoms with E-state index in [1.165, 1.54) is 6.07 Å². The zero-order valence-electron chi connectivity index (χ0n) is 15.1. The topological polar surface area (TPSA) is 88.4 Å². The van der Waals surface area contributed by atoms with E-state index in [-0.39, 0.29) is 18.9 Å². The van der Waals surface area contributed by atoms with E-state index < -0.39 is 11.7 Å². The van der Waals surface area contributed by atoms with E-state index >= 15 is 0 Å². The molecule has 3 N–H and O–H groups in total. The molecule has 0 atom stereocenters. The van der Waals surface area contributed by atoms with E-state index in [0.717, 1.165) is 11.1 Å². The van der Waals surface area contributed by atoms with Gasteiger partial charge in [-0.3, -0.25) is 14.6 Å². The molecule has 0 saturated heterocycles. The highest BCUT2D eigenvalue weighted by molar-refractivity contribution is 6.09. The Balaban J connectivity index is 2.11. The monoisotopic (exact) mass is 372 g/mol. The van der Waals surface area contributed by atoms with Crippen molar-refractivity contribution in [1.29, 1.82) is 0 Å². The summed E-state index contributed by atoms with van der Waals surface area (Å²) in [6.07, 6.45) is 3.26. The molecule has 3 aromatic rings. The van der Waals surface area contributed by atoms with Crippen LogP contribution in [0.2, 0.25) is 0 Å². The van der Waals surface area contributed by atoms with Crippen LogP contribution in [0, 0.1) is 12.7 Å². The van der Waals surface area contributed by atoms with Gasteiger partial charge in [-0.05, 0) is 37.6 Å². The minimum Gasteiger partial charge on any atom is -0.394 e. The van der Waals surface area contributed by atoms with Crippen molar-refractivity contribution in [2.75, 3.05) is 18.5 Å². The number of aryl methyl sites for hydroxylation is 2. The molecule has 3 rings (SSSR count). The van der Waals surface area contributed by atoms with E-state index in [9.17, 15) is 9.18 Å². The molecule has 0 radical (unpaired) electrons. The summed E-state index contributed by atoms with van der Waals surface area (Å²) in [7, 11) is 0. The zero-order valence-corrected chi connectivity index (χ0v) is 15.1. The Morgan fingerprint density at radius 1 is 1.37 bits per heavy atom. The Kier molecular flexibility index (Phi) is 5.68. The normalized spacial score (nSPS) is 11.0. The quantitative estimate of drug-likeness (QED) is 0.438. The van der Waals surface area contributed by atoms with Crippen molar-refractivity contribution < 1.29 is 19.1 Å². The summed E-state index contributed by atoms with van der Waals surface area (Å²) in [6.45, 7) is 3.97. The average molecular weight is 372 g/mol. The number of carbonyl (C=O) groups is 1. The van der Waals surface area contributed by atoms with Gasteiger partial charge in [0.15, 0.2) is 0 Å². The number of aromatic nitrogens is 2. The number of aliphatic hydroxyl groups excluding tert-OH is 1. The molecule has 1 amide bonds. The SMILES string of the molecule is CCn1c(C(=O)NOCCO)c(Nc2ccc(C)cc2F)c2cnccc21. The van der Waals surface area contributed by atoms with E-state index in [4.69, 9.17) is 9.94 Å². The standard InChI is InChI=1S/C19H21FN4O3/c1-3-24-16-6-7-21-11-13(16)17(18(24)19(26)23-27-9-8-25)22-15-5-4-12(2)10-14(15)20/h4-7,10-11,22,25H,3,8-9H2,1-2H3,(H,23,26). The second-order valence-corrected chi connectivity index (χ2v) is 5.97. The minimum absolute atomic E-state index is 0.0327. The number of anilines is 2. The number of benzene rings is 1. The summed E-state index contributed by atoms with van der Waals surface area (Å²) in [6, 6.07) is 6.62. The molecule has 0 aliphatic heterocycles. The first-order valence-electron chi connectivity index (χ1n) is 8.59. The predicted molar refractivity (Wildman–Crippen MR) is 100 cm³/mol. The van der Waals surface area contributed by atoms with E-state index in [1.54, 1.807) is 42.1 Å². The third-order valence-electron chi connectivity index (χ3n) is 4.14. The number of amides is 1. The maximum absolute atomic E-state index is 14.4. The molecule has 2 aromatic heterocycles. The largest absolute Gasteiger partial charge is 0.394 e. The van der Waals surface area contributed by atoms with Crippen LogP contribution in [0.4, 0.5) is 15.8 Å². The van der Waals surface area contributed by atoms with Gasteiger partial charge in [-0.1, -0.05) is 6.07 Å². The molecule has 0 aliphatic carbocycles. The van der Waals surface area contributed by atoms with Gasteiger partial charge in [-0.15, -0.1) is 0 Å². The Bertz CT molecular complexity index is 971. The zero-order chi connectivity index (χ0) is 19.4. The summed E-state index contributed by atoms with van der Waals surface area (Å²) < 4.78 is 16.2. The molecule has 8 heteroatoms. The lowest BCUT2D eigenvalue weighted by Crippen LogP contribution is -2.28. The number of hydrogen-bond donors (Lipinski definition) is 3.